The number of hydrogen-bond donors (Lipinski definition) is 0. The first-order valence-electron chi connectivity index (χ1n) is 9.92. The van der Waals surface area contributed by atoms with Gasteiger partial charge in [-0.25, -0.2) is 0 Å². The fourth-order valence-corrected chi connectivity index (χ4v) is 4.31. The van der Waals surface area contributed by atoms with Crippen LogP contribution in [0.5, 0.6) is 0 Å². The van der Waals surface area contributed by atoms with Gasteiger partial charge >= 0.3 is 0 Å². The van der Waals surface area contributed by atoms with Crippen LogP contribution in [-0.4, -0.2) is 11.6 Å². The van der Waals surface area contributed by atoms with Gasteiger partial charge in [0.2, 0.25) is 0 Å². The molecule has 2 aromatic carbocycles. The number of Topliss-reactive ketones (excluding diaryl/α,β-unsaturated/α-hetero) is 2. The molecular weight excluding hydrogens is 400 g/mol. The Morgan fingerprint density at radius 3 is 2.37 bits per heavy atom. The lowest BCUT2D eigenvalue weighted by molar-refractivity contribution is -0.124. The van der Waals surface area contributed by atoms with Crippen LogP contribution in [0.1, 0.15) is 72.3 Å². The first kappa shape index (κ1) is 20.0. The van der Waals surface area contributed by atoms with Crippen molar-refractivity contribution in [2.75, 3.05) is 0 Å². The molecule has 0 aromatic heterocycles. The van der Waals surface area contributed by atoms with Gasteiger partial charge in [0, 0.05) is 34.7 Å². The lowest BCUT2D eigenvalue weighted by Crippen LogP contribution is -2.26. The van der Waals surface area contributed by atoms with Gasteiger partial charge in [-0.3, -0.25) is 9.59 Å². The standard InChI is InChI=1S/C24H27BrO2/c1-17-8-10-18(11-9-17)22(21-6-4-2-3-5-7-23(21)26)16-24(27)19-12-14-20(25)15-13-19/h8-15,21-22H,2-7,16H2,1H3/t21-,22-/m0/s1. The molecule has 1 aliphatic rings. The van der Waals surface area contributed by atoms with Crippen molar-refractivity contribution >= 4 is 27.5 Å². The maximum atomic E-state index is 13.0. The number of halogens is 1. The van der Waals surface area contributed by atoms with Gasteiger partial charge in [0.25, 0.3) is 0 Å². The molecule has 0 bridgehead atoms. The van der Waals surface area contributed by atoms with Crippen molar-refractivity contribution in [3.8, 4) is 0 Å². The third-order valence-electron chi connectivity index (χ3n) is 5.66. The van der Waals surface area contributed by atoms with Crippen LogP contribution in [0.4, 0.5) is 0 Å². The minimum absolute atomic E-state index is 0.0349. The highest BCUT2D eigenvalue weighted by Crippen LogP contribution is 2.36. The number of carbonyl (C=O) groups is 2. The summed E-state index contributed by atoms with van der Waals surface area (Å²) in [5, 5.41) is 0. The normalized spacial score (nSPS) is 19.2. The second-order valence-corrected chi connectivity index (χ2v) is 8.59. The summed E-state index contributed by atoms with van der Waals surface area (Å²) < 4.78 is 0.962. The summed E-state index contributed by atoms with van der Waals surface area (Å²) in [6, 6.07) is 15.9. The molecule has 0 aliphatic heterocycles. The van der Waals surface area contributed by atoms with Crippen molar-refractivity contribution in [2.24, 2.45) is 5.92 Å². The summed E-state index contributed by atoms with van der Waals surface area (Å²) in [5.74, 6) is 0.367. The van der Waals surface area contributed by atoms with Gasteiger partial charge in [0.05, 0.1) is 0 Å². The third-order valence-corrected chi connectivity index (χ3v) is 6.19. The molecule has 142 valence electrons. The zero-order chi connectivity index (χ0) is 19.2. The Kier molecular flexibility index (Phi) is 7.01. The summed E-state index contributed by atoms with van der Waals surface area (Å²) in [6.45, 7) is 2.06. The lowest BCUT2D eigenvalue weighted by Gasteiger charge is -2.28. The van der Waals surface area contributed by atoms with E-state index < -0.39 is 0 Å². The first-order chi connectivity index (χ1) is 13.0. The van der Waals surface area contributed by atoms with Crippen LogP contribution < -0.4 is 0 Å². The van der Waals surface area contributed by atoms with Crippen LogP contribution >= 0.6 is 15.9 Å². The SMILES string of the molecule is Cc1ccc([C@H](CC(=O)c2ccc(Br)cc2)[C@@H]2CCCCCCC2=O)cc1. The largest absolute Gasteiger partial charge is 0.299 e. The molecule has 2 atom stereocenters. The zero-order valence-electron chi connectivity index (χ0n) is 15.9. The molecule has 0 saturated heterocycles. The maximum absolute atomic E-state index is 13.0. The van der Waals surface area contributed by atoms with E-state index in [1.54, 1.807) is 0 Å². The lowest BCUT2D eigenvalue weighted by atomic mass is 9.75. The quantitative estimate of drug-likeness (QED) is 0.501. The van der Waals surface area contributed by atoms with Crippen LogP contribution in [0.25, 0.3) is 0 Å². The van der Waals surface area contributed by atoms with Gasteiger partial charge in [-0.05, 0) is 37.5 Å². The summed E-state index contributed by atoms with van der Waals surface area (Å²) in [6.07, 6.45) is 6.32. The summed E-state index contributed by atoms with van der Waals surface area (Å²) in [7, 11) is 0. The Hall–Kier alpha value is -1.74. The molecule has 0 spiro atoms. The molecule has 3 rings (SSSR count). The fraction of sp³-hybridized carbons (Fsp3) is 0.417. The highest BCUT2D eigenvalue weighted by atomic mass is 79.9. The Morgan fingerprint density at radius 2 is 1.67 bits per heavy atom. The maximum Gasteiger partial charge on any atom is 0.163 e. The van der Waals surface area contributed by atoms with Crippen molar-refractivity contribution in [1.82, 2.24) is 0 Å². The Balaban J connectivity index is 1.88. The smallest absolute Gasteiger partial charge is 0.163 e. The summed E-state index contributed by atoms with van der Waals surface area (Å²) >= 11 is 3.42. The number of aryl methyl sites for hydroxylation is 1. The van der Waals surface area contributed by atoms with Gasteiger partial charge in [0.1, 0.15) is 5.78 Å². The van der Waals surface area contributed by atoms with Crippen LogP contribution in [0.2, 0.25) is 0 Å². The Morgan fingerprint density at radius 1 is 1.00 bits per heavy atom. The average molecular weight is 427 g/mol. The van der Waals surface area contributed by atoms with E-state index in [4.69, 9.17) is 0 Å². The van der Waals surface area contributed by atoms with E-state index in [0.717, 1.165) is 35.7 Å². The predicted molar refractivity (Wildman–Crippen MR) is 113 cm³/mol. The van der Waals surface area contributed by atoms with Crippen molar-refractivity contribution in [1.29, 1.82) is 0 Å². The average Bonchev–Trinajstić information content (AvgIpc) is 2.65. The van der Waals surface area contributed by atoms with Crippen molar-refractivity contribution in [3.63, 3.8) is 0 Å². The number of rotatable bonds is 5. The van der Waals surface area contributed by atoms with Crippen LogP contribution in [0.15, 0.2) is 53.0 Å². The zero-order valence-corrected chi connectivity index (χ0v) is 17.5. The third kappa shape index (κ3) is 5.38. The van der Waals surface area contributed by atoms with Crippen LogP contribution in [0.3, 0.4) is 0 Å². The van der Waals surface area contributed by atoms with Gasteiger partial charge < -0.3 is 0 Å². The highest BCUT2D eigenvalue weighted by Gasteiger charge is 2.31. The Bertz CT molecular complexity index is 777. The van der Waals surface area contributed by atoms with Gasteiger partial charge in [-0.15, -0.1) is 0 Å². The number of hydrogen-bond acceptors (Lipinski definition) is 2. The number of benzene rings is 2. The molecule has 2 nitrogen and oxygen atoms in total. The molecule has 0 heterocycles. The summed E-state index contributed by atoms with van der Waals surface area (Å²) in [4.78, 5) is 25.9. The second kappa shape index (κ2) is 9.45. The first-order valence-corrected chi connectivity index (χ1v) is 10.7. The van der Waals surface area contributed by atoms with Crippen LogP contribution in [-0.2, 0) is 4.79 Å². The molecule has 1 saturated carbocycles. The predicted octanol–water partition coefficient (Wildman–Crippen LogP) is 6.65. The van der Waals surface area contributed by atoms with E-state index in [9.17, 15) is 9.59 Å². The van der Waals surface area contributed by atoms with E-state index in [0.29, 0.717) is 24.2 Å². The van der Waals surface area contributed by atoms with Crippen LogP contribution in [0, 0.1) is 12.8 Å². The van der Waals surface area contributed by atoms with E-state index in [-0.39, 0.29) is 17.6 Å². The van der Waals surface area contributed by atoms with E-state index in [1.807, 2.05) is 24.3 Å². The molecule has 0 N–H and O–H groups in total. The van der Waals surface area contributed by atoms with E-state index in [2.05, 4.69) is 47.1 Å². The van der Waals surface area contributed by atoms with Crippen molar-refractivity contribution in [3.05, 3.63) is 69.7 Å². The van der Waals surface area contributed by atoms with Crippen molar-refractivity contribution in [2.45, 2.75) is 57.8 Å². The molecule has 1 aliphatic carbocycles. The van der Waals surface area contributed by atoms with Crippen molar-refractivity contribution < 1.29 is 9.59 Å². The van der Waals surface area contributed by atoms with Gasteiger partial charge in [0.15, 0.2) is 5.78 Å². The molecule has 0 unspecified atom stereocenters. The molecule has 0 amide bonds. The monoisotopic (exact) mass is 426 g/mol. The van der Waals surface area contributed by atoms with Gasteiger partial charge in [-0.2, -0.15) is 0 Å². The highest BCUT2D eigenvalue weighted by molar-refractivity contribution is 9.10. The number of ketones is 2. The van der Waals surface area contributed by atoms with E-state index >= 15 is 0 Å². The summed E-state index contributed by atoms with van der Waals surface area (Å²) in [5.41, 5.74) is 3.03. The molecule has 1 fully saturated rings. The molecule has 2 aromatic rings. The molecule has 27 heavy (non-hydrogen) atoms. The topological polar surface area (TPSA) is 34.1 Å². The van der Waals surface area contributed by atoms with E-state index in [1.165, 1.54) is 12.0 Å². The second-order valence-electron chi connectivity index (χ2n) is 7.68. The Labute approximate surface area is 170 Å². The molecule has 0 radical (unpaired) electrons. The number of carbonyl (C=O) groups excluding carboxylic acids is 2. The molecular formula is C24H27BrO2. The van der Waals surface area contributed by atoms with Gasteiger partial charge in [-0.1, -0.05) is 77.2 Å². The molecule has 3 heteroatoms. The minimum atomic E-state index is -0.0487. The fourth-order valence-electron chi connectivity index (χ4n) is 4.05. The minimum Gasteiger partial charge on any atom is -0.299 e.